The van der Waals surface area contributed by atoms with Gasteiger partial charge in [0.2, 0.25) is 11.8 Å². The second-order valence-corrected chi connectivity index (χ2v) is 7.49. The van der Waals surface area contributed by atoms with Crippen molar-refractivity contribution in [1.29, 1.82) is 0 Å². The number of aliphatic imine (C=N–C) groups is 1. The molecule has 7 nitrogen and oxygen atoms in total. The van der Waals surface area contributed by atoms with Crippen LogP contribution < -0.4 is 4.90 Å². The second-order valence-electron chi connectivity index (χ2n) is 7.49. The van der Waals surface area contributed by atoms with Crippen LogP contribution in [0.4, 0.5) is 11.8 Å². The molecule has 2 saturated heterocycles. The van der Waals surface area contributed by atoms with E-state index in [1.807, 2.05) is 18.2 Å². The molecule has 3 aliphatic rings. The van der Waals surface area contributed by atoms with Crippen molar-refractivity contribution in [2.75, 3.05) is 31.1 Å². The highest BCUT2D eigenvalue weighted by molar-refractivity contribution is 6.20. The lowest BCUT2D eigenvalue weighted by Gasteiger charge is -2.36. The number of anilines is 1. The van der Waals surface area contributed by atoms with E-state index < -0.39 is 0 Å². The SMILES string of the molecule is Oc1nc(N2CCC(N3CCCC3)CC2)[nH]c1C=C1C=Nc2ncccc21. The van der Waals surface area contributed by atoms with Gasteiger partial charge in [-0.2, -0.15) is 4.98 Å². The van der Waals surface area contributed by atoms with Gasteiger partial charge in [0.1, 0.15) is 5.69 Å². The molecule has 0 atom stereocenters. The summed E-state index contributed by atoms with van der Waals surface area (Å²) in [5.41, 5.74) is 2.51. The third-order valence-electron chi connectivity index (χ3n) is 5.84. The van der Waals surface area contributed by atoms with Crippen LogP contribution in [0, 0.1) is 0 Å². The minimum atomic E-state index is 0.0323. The minimum absolute atomic E-state index is 0.0323. The van der Waals surface area contributed by atoms with Crippen molar-refractivity contribution >= 4 is 29.6 Å². The maximum atomic E-state index is 10.3. The molecule has 5 rings (SSSR count). The first-order chi connectivity index (χ1) is 13.3. The van der Waals surface area contributed by atoms with Crippen LogP contribution in [0.25, 0.3) is 11.6 Å². The van der Waals surface area contributed by atoms with Gasteiger partial charge in [-0.1, -0.05) is 0 Å². The number of pyridine rings is 1. The number of allylic oxidation sites excluding steroid dienone is 1. The van der Waals surface area contributed by atoms with Gasteiger partial charge in [-0.25, -0.2) is 9.98 Å². The molecule has 140 valence electrons. The van der Waals surface area contributed by atoms with Crippen molar-refractivity contribution in [3.8, 4) is 5.88 Å². The number of nitrogens with zero attached hydrogens (tertiary/aromatic N) is 5. The number of aromatic nitrogens is 3. The van der Waals surface area contributed by atoms with E-state index in [2.05, 4.69) is 29.7 Å². The number of nitrogens with one attached hydrogen (secondary N) is 1. The number of hydrogen-bond donors (Lipinski definition) is 2. The van der Waals surface area contributed by atoms with E-state index in [0.717, 1.165) is 43.0 Å². The predicted octanol–water partition coefficient (Wildman–Crippen LogP) is 2.83. The summed E-state index contributed by atoms with van der Waals surface area (Å²) in [7, 11) is 0. The Hall–Kier alpha value is -2.67. The molecule has 2 aromatic rings. The molecule has 0 saturated carbocycles. The van der Waals surface area contributed by atoms with E-state index in [0.29, 0.717) is 17.6 Å². The summed E-state index contributed by atoms with van der Waals surface area (Å²) in [4.78, 5) is 21.1. The zero-order valence-electron chi connectivity index (χ0n) is 15.3. The Kier molecular flexibility index (Phi) is 4.16. The smallest absolute Gasteiger partial charge is 0.238 e. The van der Waals surface area contributed by atoms with Gasteiger partial charge in [0.15, 0.2) is 5.82 Å². The number of likely N-dealkylation sites (tertiary alicyclic amines) is 1. The zero-order valence-corrected chi connectivity index (χ0v) is 15.3. The Balaban J connectivity index is 1.31. The van der Waals surface area contributed by atoms with Crippen LogP contribution in [-0.2, 0) is 0 Å². The summed E-state index contributed by atoms with van der Waals surface area (Å²) in [6.07, 6.45) is 10.4. The number of piperidine rings is 1. The van der Waals surface area contributed by atoms with Gasteiger partial charge in [0, 0.05) is 42.7 Å². The summed E-state index contributed by atoms with van der Waals surface area (Å²) >= 11 is 0. The third-order valence-corrected chi connectivity index (χ3v) is 5.84. The molecule has 0 bridgehead atoms. The standard InChI is InChI=1S/C20H24N6O/c27-19-17(12-14-13-22-18-16(14)4-3-7-21-18)23-20(24-19)26-10-5-15(6-11-26)25-8-1-2-9-25/h3-4,7,12-13,15,27H,1-2,5-6,8-11H2,(H,23,24). The van der Waals surface area contributed by atoms with Gasteiger partial charge < -0.3 is 19.9 Å². The Bertz CT molecular complexity index is 888. The van der Waals surface area contributed by atoms with E-state index in [-0.39, 0.29) is 5.88 Å². The van der Waals surface area contributed by atoms with Crippen molar-refractivity contribution < 1.29 is 5.11 Å². The van der Waals surface area contributed by atoms with Crippen LogP contribution in [0.15, 0.2) is 23.3 Å². The fourth-order valence-electron chi connectivity index (χ4n) is 4.36. The Morgan fingerprint density at radius 2 is 1.96 bits per heavy atom. The van der Waals surface area contributed by atoms with E-state index in [4.69, 9.17) is 0 Å². The highest BCUT2D eigenvalue weighted by atomic mass is 16.3. The molecule has 0 unspecified atom stereocenters. The fraction of sp³-hybridized carbons (Fsp3) is 0.450. The van der Waals surface area contributed by atoms with Crippen molar-refractivity contribution in [1.82, 2.24) is 19.9 Å². The molecule has 27 heavy (non-hydrogen) atoms. The van der Waals surface area contributed by atoms with E-state index in [1.165, 1.54) is 25.9 Å². The van der Waals surface area contributed by atoms with E-state index in [1.54, 1.807) is 12.4 Å². The molecule has 5 heterocycles. The summed E-state index contributed by atoms with van der Waals surface area (Å²) < 4.78 is 0. The second kappa shape index (κ2) is 6.81. The van der Waals surface area contributed by atoms with Crippen molar-refractivity contribution in [3.63, 3.8) is 0 Å². The molecule has 0 radical (unpaired) electrons. The molecule has 3 aliphatic heterocycles. The van der Waals surface area contributed by atoms with Crippen molar-refractivity contribution in [2.45, 2.75) is 31.7 Å². The number of rotatable bonds is 3. The van der Waals surface area contributed by atoms with Crippen molar-refractivity contribution in [2.24, 2.45) is 4.99 Å². The van der Waals surface area contributed by atoms with Crippen molar-refractivity contribution in [3.05, 3.63) is 29.6 Å². The highest BCUT2D eigenvalue weighted by Crippen LogP contribution is 2.32. The van der Waals surface area contributed by atoms with Crippen LogP contribution in [0.1, 0.15) is 36.9 Å². The highest BCUT2D eigenvalue weighted by Gasteiger charge is 2.28. The molecule has 0 spiro atoms. The van der Waals surface area contributed by atoms with Gasteiger partial charge in [-0.15, -0.1) is 0 Å². The Labute approximate surface area is 158 Å². The molecule has 0 aliphatic carbocycles. The number of hydrogen-bond acceptors (Lipinski definition) is 6. The molecule has 2 N–H and O–H groups in total. The van der Waals surface area contributed by atoms with Crippen LogP contribution in [0.5, 0.6) is 5.88 Å². The van der Waals surface area contributed by atoms with Crippen LogP contribution in [-0.4, -0.2) is 63.4 Å². The molecular formula is C20H24N6O. The molecule has 7 heteroatoms. The fourth-order valence-corrected chi connectivity index (χ4v) is 4.36. The average molecular weight is 364 g/mol. The Morgan fingerprint density at radius 3 is 2.78 bits per heavy atom. The third kappa shape index (κ3) is 3.12. The topological polar surface area (TPSA) is 80.6 Å². The predicted molar refractivity (Wildman–Crippen MR) is 107 cm³/mol. The Morgan fingerprint density at radius 1 is 1.15 bits per heavy atom. The van der Waals surface area contributed by atoms with E-state index >= 15 is 0 Å². The minimum Gasteiger partial charge on any atom is -0.492 e. The van der Waals surface area contributed by atoms with Gasteiger partial charge in [0.25, 0.3) is 0 Å². The molecule has 0 amide bonds. The first-order valence-electron chi connectivity index (χ1n) is 9.77. The largest absolute Gasteiger partial charge is 0.492 e. The van der Waals surface area contributed by atoms with Crippen LogP contribution in [0.3, 0.4) is 0 Å². The van der Waals surface area contributed by atoms with Crippen LogP contribution >= 0.6 is 0 Å². The normalized spacial score (nSPS) is 22.1. The number of H-pyrrole nitrogens is 1. The molecular weight excluding hydrogens is 340 g/mol. The summed E-state index contributed by atoms with van der Waals surface area (Å²) in [5, 5.41) is 10.3. The lowest BCUT2D eigenvalue weighted by molar-refractivity contribution is 0.207. The average Bonchev–Trinajstić information content (AvgIpc) is 3.44. The molecule has 2 fully saturated rings. The maximum absolute atomic E-state index is 10.3. The molecule has 2 aromatic heterocycles. The van der Waals surface area contributed by atoms with Gasteiger partial charge in [-0.3, -0.25) is 0 Å². The van der Waals surface area contributed by atoms with Gasteiger partial charge in [-0.05, 0) is 57.0 Å². The first kappa shape index (κ1) is 16.5. The lowest BCUT2D eigenvalue weighted by atomic mass is 10.0. The molecule has 0 aromatic carbocycles. The van der Waals surface area contributed by atoms with Gasteiger partial charge >= 0.3 is 0 Å². The summed E-state index contributed by atoms with van der Waals surface area (Å²) in [6, 6.07) is 4.58. The zero-order chi connectivity index (χ0) is 18.2. The van der Waals surface area contributed by atoms with E-state index in [9.17, 15) is 5.11 Å². The van der Waals surface area contributed by atoms with Gasteiger partial charge in [0.05, 0.1) is 0 Å². The quantitative estimate of drug-likeness (QED) is 0.875. The number of fused-ring (bicyclic) bond motifs is 1. The number of imidazole rings is 1. The maximum Gasteiger partial charge on any atom is 0.238 e. The lowest BCUT2D eigenvalue weighted by Crippen LogP contribution is -2.44. The monoisotopic (exact) mass is 364 g/mol. The number of aromatic hydroxyl groups is 1. The number of aromatic amines is 1. The summed E-state index contributed by atoms with van der Waals surface area (Å²) in [5.74, 6) is 1.50. The summed E-state index contributed by atoms with van der Waals surface area (Å²) in [6.45, 7) is 4.44. The van der Waals surface area contributed by atoms with Crippen LogP contribution in [0.2, 0.25) is 0 Å². The first-order valence-corrected chi connectivity index (χ1v) is 9.77.